The fraction of sp³-hybridized carbons (Fsp3) is 0.524. The highest BCUT2D eigenvalue weighted by molar-refractivity contribution is 6.36. The Morgan fingerprint density at radius 1 is 1.30 bits per heavy atom. The maximum absolute atomic E-state index is 15.0. The summed E-state index contributed by atoms with van der Waals surface area (Å²) in [6, 6.07) is 0.0943. The maximum Gasteiger partial charge on any atom is 0.140 e. The lowest BCUT2D eigenvalue weighted by Crippen LogP contribution is -2.46. The first-order valence-corrected chi connectivity index (χ1v) is 10.8. The van der Waals surface area contributed by atoms with E-state index in [0.717, 1.165) is 46.4 Å². The quantitative estimate of drug-likeness (QED) is 0.570. The molecule has 160 valence electrons. The van der Waals surface area contributed by atoms with Crippen LogP contribution in [0, 0.1) is 6.92 Å². The molecule has 9 heteroatoms. The number of aromatic nitrogens is 4. The zero-order chi connectivity index (χ0) is 21.0. The van der Waals surface area contributed by atoms with Crippen molar-refractivity contribution in [3.8, 4) is 11.1 Å². The summed E-state index contributed by atoms with van der Waals surface area (Å²) < 4.78 is 16.7. The van der Waals surface area contributed by atoms with Crippen molar-refractivity contribution in [3.63, 3.8) is 0 Å². The first-order chi connectivity index (χ1) is 14.4. The number of piperidine rings is 1. The van der Waals surface area contributed by atoms with Crippen molar-refractivity contribution in [1.82, 2.24) is 24.6 Å². The number of anilines is 1. The number of pyridine rings is 1. The second-order valence-electron chi connectivity index (χ2n) is 8.41. The highest BCUT2D eigenvalue weighted by atomic mass is 35.5. The van der Waals surface area contributed by atoms with Gasteiger partial charge in [-0.2, -0.15) is 5.10 Å². The number of halogens is 2. The molecule has 0 bridgehead atoms. The van der Waals surface area contributed by atoms with E-state index < -0.39 is 12.4 Å². The molecule has 4 heterocycles. The number of nitrogens with one attached hydrogen (secondary N) is 2. The molecule has 1 unspecified atom stereocenters. The molecule has 3 N–H and O–H groups in total. The Balaban J connectivity index is 1.53. The Bertz CT molecular complexity index is 1080. The van der Waals surface area contributed by atoms with E-state index >= 15 is 0 Å². The van der Waals surface area contributed by atoms with Crippen LogP contribution < -0.4 is 5.32 Å². The first kappa shape index (κ1) is 19.8. The molecule has 0 spiro atoms. The van der Waals surface area contributed by atoms with Gasteiger partial charge in [0.05, 0.1) is 28.3 Å². The molecule has 3 aromatic heterocycles. The third kappa shape index (κ3) is 3.36. The Labute approximate surface area is 179 Å². The molecule has 1 saturated carbocycles. The van der Waals surface area contributed by atoms with Gasteiger partial charge in [0.2, 0.25) is 0 Å². The van der Waals surface area contributed by atoms with Crippen LogP contribution in [0.4, 0.5) is 10.1 Å². The lowest BCUT2D eigenvalue weighted by molar-refractivity contribution is -0.0311. The van der Waals surface area contributed by atoms with Crippen LogP contribution in [-0.4, -0.2) is 61.3 Å². The van der Waals surface area contributed by atoms with Crippen LogP contribution in [0.2, 0.25) is 5.02 Å². The number of likely N-dealkylation sites (tertiary alicyclic amines) is 1. The van der Waals surface area contributed by atoms with E-state index in [1.807, 2.05) is 13.1 Å². The predicted molar refractivity (Wildman–Crippen MR) is 116 cm³/mol. The second kappa shape index (κ2) is 7.51. The van der Waals surface area contributed by atoms with Gasteiger partial charge in [0.15, 0.2) is 0 Å². The molecular weight excluding hydrogens is 407 g/mol. The average molecular weight is 433 g/mol. The topological polar surface area (TPSA) is 82.0 Å². The summed E-state index contributed by atoms with van der Waals surface area (Å²) in [6.07, 6.45) is 6.51. The van der Waals surface area contributed by atoms with Crippen LogP contribution >= 0.6 is 11.6 Å². The smallest absolute Gasteiger partial charge is 0.140 e. The third-order valence-corrected chi connectivity index (χ3v) is 6.59. The second-order valence-corrected chi connectivity index (χ2v) is 8.82. The highest BCUT2D eigenvalue weighted by Gasteiger charge is 2.34. The number of nitrogens with zero attached hydrogens (tertiary/aromatic N) is 4. The van der Waals surface area contributed by atoms with Crippen molar-refractivity contribution in [3.05, 3.63) is 29.3 Å². The van der Waals surface area contributed by atoms with Gasteiger partial charge in [0.1, 0.15) is 18.0 Å². The Morgan fingerprint density at radius 3 is 2.80 bits per heavy atom. The number of aliphatic hydroxyl groups excluding tert-OH is 1. The molecule has 2 fully saturated rings. The van der Waals surface area contributed by atoms with Crippen molar-refractivity contribution < 1.29 is 9.50 Å². The summed E-state index contributed by atoms with van der Waals surface area (Å²) in [4.78, 5) is 9.42. The molecule has 2 aliphatic rings. The van der Waals surface area contributed by atoms with Crippen molar-refractivity contribution in [2.45, 2.75) is 57.6 Å². The van der Waals surface area contributed by atoms with Gasteiger partial charge in [-0.3, -0.25) is 9.58 Å². The van der Waals surface area contributed by atoms with E-state index in [9.17, 15) is 9.50 Å². The largest absolute Gasteiger partial charge is 0.381 e. The SMILES string of the molecule is Cc1c(-c2cnc3[nH]cc(Cl)c3c2NC2CC2)cnn1[C@H]1CCN(C(C)O)C[C@@H]1F. The zero-order valence-corrected chi connectivity index (χ0v) is 17.8. The number of fused-ring (bicyclic) bond motifs is 1. The van der Waals surface area contributed by atoms with Crippen molar-refractivity contribution in [1.29, 1.82) is 0 Å². The van der Waals surface area contributed by atoms with Gasteiger partial charge in [-0.25, -0.2) is 9.37 Å². The van der Waals surface area contributed by atoms with Gasteiger partial charge in [0, 0.05) is 48.3 Å². The van der Waals surface area contributed by atoms with E-state index in [4.69, 9.17) is 11.6 Å². The molecular formula is C21H26ClFN6O. The lowest BCUT2D eigenvalue weighted by Gasteiger charge is -2.36. The molecule has 1 saturated heterocycles. The van der Waals surface area contributed by atoms with Gasteiger partial charge in [-0.05, 0) is 33.1 Å². The van der Waals surface area contributed by atoms with Crippen LogP contribution in [0.15, 0.2) is 18.6 Å². The number of alkyl halides is 1. The molecule has 0 amide bonds. The van der Waals surface area contributed by atoms with Crippen molar-refractivity contribution in [2.75, 3.05) is 18.4 Å². The van der Waals surface area contributed by atoms with E-state index in [2.05, 4.69) is 20.4 Å². The van der Waals surface area contributed by atoms with Crippen molar-refractivity contribution >= 4 is 28.3 Å². The third-order valence-electron chi connectivity index (χ3n) is 6.30. The van der Waals surface area contributed by atoms with Gasteiger partial charge in [-0.1, -0.05) is 11.6 Å². The molecule has 3 aromatic rings. The summed E-state index contributed by atoms with van der Waals surface area (Å²) >= 11 is 6.46. The minimum Gasteiger partial charge on any atom is -0.381 e. The monoisotopic (exact) mass is 432 g/mol. The van der Waals surface area contributed by atoms with E-state index in [1.165, 1.54) is 0 Å². The van der Waals surface area contributed by atoms with E-state index in [0.29, 0.717) is 24.0 Å². The first-order valence-electron chi connectivity index (χ1n) is 10.5. The number of H-pyrrole nitrogens is 1. The lowest BCUT2D eigenvalue weighted by atomic mass is 10.0. The normalized spacial score (nSPS) is 23.8. The van der Waals surface area contributed by atoms with Gasteiger partial charge in [-0.15, -0.1) is 0 Å². The molecule has 3 atom stereocenters. The van der Waals surface area contributed by atoms with Crippen LogP contribution in [0.3, 0.4) is 0 Å². The molecule has 30 heavy (non-hydrogen) atoms. The summed E-state index contributed by atoms with van der Waals surface area (Å²) in [5, 5.41) is 19.4. The summed E-state index contributed by atoms with van der Waals surface area (Å²) in [5.41, 5.74) is 4.45. The number of rotatable bonds is 5. The number of hydrogen-bond donors (Lipinski definition) is 3. The number of aliphatic hydroxyl groups is 1. The molecule has 0 aromatic carbocycles. The maximum atomic E-state index is 15.0. The summed E-state index contributed by atoms with van der Waals surface area (Å²) in [6.45, 7) is 4.49. The summed E-state index contributed by atoms with van der Waals surface area (Å²) in [7, 11) is 0. The Kier molecular flexibility index (Phi) is 4.95. The van der Waals surface area contributed by atoms with Crippen LogP contribution in [0.5, 0.6) is 0 Å². The highest BCUT2D eigenvalue weighted by Crippen LogP contribution is 2.41. The minimum atomic E-state index is -1.09. The average Bonchev–Trinajstić information content (AvgIpc) is 3.35. The standard InChI is InChI=1S/C21H26ClFN6O/c1-11-14(8-26-29(11)18-5-6-28(12(2)30)10-17(18)23)15-7-24-21-19(16(22)9-25-21)20(15)27-13-3-4-13/h7-9,12-13,17-18,30H,3-6,10H2,1-2H3,(H2,24,25,27)/t12?,17-,18-/m0/s1. The number of aromatic amines is 1. The minimum absolute atomic E-state index is 0.206. The van der Waals surface area contributed by atoms with E-state index in [1.54, 1.807) is 28.9 Å². The van der Waals surface area contributed by atoms with Crippen LogP contribution in [-0.2, 0) is 0 Å². The number of hydrogen-bond acceptors (Lipinski definition) is 5. The molecule has 1 aliphatic heterocycles. The zero-order valence-electron chi connectivity index (χ0n) is 17.1. The van der Waals surface area contributed by atoms with Crippen LogP contribution in [0.25, 0.3) is 22.2 Å². The fourth-order valence-electron chi connectivity index (χ4n) is 4.40. The Hall–Kier alpha value is -2.16. The molecule has 5 rings (SSSR count). The van der Waals surface area contributed by atoms with Gasteiger partial charge in [0.25, 0.3) is 0 Å². The van der Waals surface area contributed by atoms with Crippen molar-refractivity contribution in [2.24, 2.45) is 0 Å². The van der Waals surface area contributed by atoms with Crippen LogP contribution in [0.1, 0.15) is 37.9 Å². The fourth-order valence-corrected chi connectivity index (χ4v) is 4.63. The predicted octanol–water partition coefficient (Wildman–Crippen LogP) is 3.89. The molecule has 7 nitrogen and oxygen atoms in total. The van der Waals surface area contributed by atoms with E-state index in [-0.39, 0.29) is 12.6 Å². The molecule has 1 aliphatic carbocycles. The van der Waals surface area contributed by atoms with Gasteiger partial charge >= 0.3 is 0 Å². The molecule has 0 radical (unpaired) electrons. The summed E-state index contributed by atoms with van der Waals surface area (Å²) in [5.74, 6) is 0. The van der Waals surface area contributed by atoms with Gasteiger partial charge < -0.3 is 15.4 Å². The Morgan fingerprint density at radius 2 is 2.10 bits per heavy atom.